The molecule has 0 spiro atoms. The third kappa shape index (κ3) is 2.94. The number of aliphatic hydroxyl groups is 1. The lowest BCUT2D eigenvalue weighted by Gasteiger charge is -2.23. The van der Waals surface area contributed by atoms with Crippen LogP contribution in [-0.2, 0) is 6.42 Å². The van der Waals surface area contributed by atoms with Crippen LogP contribution in [-0.4, -0.2) is 26.0 Å². The molecule has 1 aliphatic carbocycles. The van der Waals surface area contributed by atoms with Crippen LogP contribution in [0.25, 0.3) is 0 Å². The molecule has 0 fully saturated rings. The van der Waals surface area contributed by atoms with Crippen LogP contribution in [0.3, 0.4) is 0 Å². The van der Waals surface area contributed by atoms with E-state index in [2.05, 4.69) is 36.1 Å². The van der Waals surface area contributed by atoms with E-state index in [1.54, 1.807) is 6.33 Å². The summed E-state index contributed by atoms with van der Waals surface area (Å²) < 4.78 is 1.89. The van der Waals surface area contributed by atoms with Crippen LogP contribution in [0.4, 0.5) is 0 Å². The summed E-state index contributed by atoms with van der Waals surface area (Å²) in [5, 5.41) is 14.4. The van der Waals surface area contributed by atoms with E-state index in [9.17, 15) is 5.11 Å². The number of hydrogen-bond acceptors (Lipinski definition) is 3. The van der Waals surface area contributed by atoms with E-state index < -0.39 is 0 Å². The van der Waals surface area contributed by atoms with Crippen molar-refractivity contribution in [3.63, 3.8) is 0 Å². The van der Waals surface area contributed by atoms with Gasteiger partial charge < -0.3 is 5.11 Å². The van der Waals surface area contributed by atoms with Crippen molar-refractivity contribution in [3.8, 4) is 0 Å². The first kappa shape index (κ1) is 12.3. The summed E-state index contributed by atoms with van der Waals surface area (Å²) in [6.07, 6.45) is 9.38. The lowest BCUT2D eigenvalue weighted by molar-refractivity contribution is 0.0987. The van der Waals surface area contributed by atoms with Gasteiger partial charge in [-0.05, 0) is 39.0 Å². The maximum Gasteiger partial charge on any atom is 0.138 e. The van der Waals surface area contributed by atoms with E-state index in [0.717, 1.165) is 25.1 Å². The number of hydrogen-bond donors (Lipinski definition) is 1. The number of aliphatic hydroxyl groups excluding tert-OH is 1. The Kier molecular flexibility index (Phi) is 3.94. The molecule has 2 unspecified atom stereocenters. The highest BCUT2D eigenvalue weighted by atomic mass is 16.3. The minimum Gasteiger partial charge on any atom is -0.392 e. The highest BCUT2D eigenvalue weighted by Gasteiger charge is 2.22. The van der Waals surface area contributed by atoms with Gasteiger partial charge in [0.2, 0.25) is 0 Å². The minimum absolute atomic E-state index is 0.297. The topological polar surface area (TPSA) is 50.9 Å². The maximum atomic E-state index is 10.2. The molecule has 1 heterocycles. The molecule has 0 saturated carbocycles. The molecule has 2 rings (SSSR count). The Morgan fingerprint density at radius 2 is 2.29 bits per heavy atom. The molecule has 0 aromatic carbocycles. The lowest BCUT2D eigenvalue weighted by Crippen LogP contribution is -2.25. The van der Waals surface area contributed by atoms with Crippen molar-refractivity contribution in [3.05, 3.63) is 24.3 Å². The molecular formula is C13H21N3O. The second-order valence-electron chi connectivity index (χ2n) is 5.03. The normalized spacial score (nSPS) is 22.0. The van der Waals surface area contributed by atoms with Gasteiger partial charge in [0, 0.05) is 12.5 Å². The molecule has 0 amide bonds. The Hall–Kier alpha value is -1.16. The van der Waals surface area contributed by atoms with Crippen LogP contribution in [0, 0.1) is 5.92 Å². The smallest absolute Gasteiger partial charge is 0.138 e. The molecule has 4 nitrogen and oxygen atoms in total. The largest absolute Gasteiger partial charge is 0.392 e. The van der Waals surface area contributed by atoms with Crippen LogP contribution < -0.4 is 0 Å². The molecule has 4 heteroatoms. The van der Waals surface area contributed by atoms with Crippen LogP contribution in [0.2, 0.25) is 0 Å². The molecule has 1 N–H and O–H groups in total. The Morgan fingerprint density at radius 3 is 2.94 bits per heavy atom. The Labute approximate surface area is 102 Å². The Balaban J connectivity index is 1.99. The van der Waals surface area contributed by atoms with Crippen LogP contribution in [0.15, 0.2) is 18.5 Å². The fourth-order valence-electron chi connectivity index (χ4n) is 2.37. The lowest BCUT2D eigenvalue weighted by atomic mass is 9.88. The monoisotopic (exact) mass is 235 g/mol. The van der Waals surface area contributed by atoms with E-state index >= 15 is 0 Å². The molecule has 1 aromatic heterocycles. The van der Waals surface area contributed by atoms with Crippen LogP contribution >= 0.6 is 0 Å². The third-order valence-corrected chi connectivity index (χ3v) is 3.38. The Bertz CT molecular complexity index is 384. The SMILES string of the molecule is CC(C)n1ncnc1CC(O)C1CC=CCC1. The second kappa shape index (κ2) is 5.45. The number of nitrogens with zero attached hydrogens (tertiary/aromatic N) is 3. The van der Waals surface area contributed by atoms with Gasteiger partial charge in [0.1, 0.15) is 12.2 Å². The first-order valence-electron chi connectivity index (χ1n) is 6.40. The minimum atomic E-state index is -0.304. The summed E-state index contributed by atoms with van der Waals surface area (Å²) in [4.78, 5) is 4.25. The van der Waals surface area contributed by atoms with Crippen molar-refractivity contribution in [2.24, 2.45) is 5.92 Å². The molecular weight excluding hydrogens is 214 g/mol. The van der Waals surface area contributed by atoms with Crippen molar-refractivity contribution in [2.45, 2.75) is 51.7 Å². The van der Waals surface area contributed by atoms with Crippen molar-refractivity contribution in [2.75, 3.05) is 0 Å². The van der Waals surface area contributed by atoms with Gasteiger partial charge in [0.25, 0.3) is 0 Å². The van der Waals surface area contributed by atoms with Gasteiger partial charge in [0.15, 0.2) is 0 Å². The summed E-state index contributed by atoms with van der Waals surface area (Å²) >= 11 is 0. The molecule has 0 radical (unpaired) electrons. The number of aromatic nitrogens is 3. The quantitative estimate of drug-likeness (QED) is 0.813. The molecule has 0 bridgehead atoms. The van der Waals surface area contributed by atoms with Gasteiger partial charge in [-0.3, -0.25) is 0 Å². The zero-order valence-electron chi connectivity index (χ0n) is 10.6. The van der Waals surface area contributed by atoms with Crippen molar-refractivity contribution < 1.29 is 5.11 Å². The van der Waals surface area contributed by atoms with E-state index in [1.807, 2.05) is 4.68 Å². The van der Waals surface area contributed by atoms with Gasteiger partial charge >= 0.3 is 0 Å². The van der Waals surface area contributed by atoms with Gasteiger partial charge in [-0.15, -0.1) is 0 Å². The Morgan fingerprint density at radius 1 is 1.47 bits per heavy atom. The highest BCUT2D eigenvalue weighted by molar-refractivity contribution is 4.96. The predicted octanol–water partition coefficient (Wildman–Crippen LogP) is 2.12. The molecule has 0 saturated heterocycles. The van der Waals surface area contributed by atoms with Crippen molar-refractivity contribution in [1.29, 1.82) is 0 Å². The fourth-order valence-corrected chi connectivity index (χ4v) is 2.37. The average molecular weight is 235 g/mol. The average Bonchev–Trinajstić information content (AvgIpc) is 2.78. The van der Waals surface area contributed by atoms with Gasteiger partial charge in [-0.1, -0.05) is 12.2 Å². The summed E-state index contributed by atoms with van der Waals surface area (Å²) in [6, 6.07) is 0.297. The molecule has 1 aromatic rings. The van der Waals surface area contributed by atoms with Crippen molar-refractivity contribution in [1.82, 2.24) is 14.8 Å². The summed E-state index contributed by atoms with van der Waals surface area (Å²) in [6.45, 7) is 4.15. The van der Waals surface area contributed by atoms with Gasteiger partial charge in [-0.25, -0.2) is 9.67 Å². The molecule has 2 atom stereocenters. The molecule has 1 aliphatic rings. The molecule has 17 heavy (non-hydrogen) atoms. The van der Waals surface area contributed by atoms with E-state index in [4.69, 9.17) is 0 Å². The van der Waals surface area contributed by atoms with Crippen molar-refractivity contribution >= 4 is 0 Å². The van der Waals surface area contributed by atoms with Crippen LogP contribution in [0.1, 0.15) is 45.0 Å². The highest BCUT2D eigenvalue weighted by Crippen LogP contribution is 2.23. The number of rotatable bonds is 4. The zero-order valence-corrected chi connectivity index (χ0v) is 10.6. The van der Waals surface area contributed by atoms with Crippen LogP contribution in [0.5, 0.6) is 0 Å². The summed E-state index contributed by atoms with van der Waals surface area (Å²) in [5.74, 6) is 1.26. The molecule has 0 aliphatic heterocycles. The summed E-state index contributed by atoms with van der Waals surface area (Å²) in [5.41, 5.74) is 0. The maximum absolute atomic E-state index is 10.2. The van der Waals surface area contributed by atoms with E-state index in [-0.39, 0.29) is 6.10 Å². The van der Waals surface area contributed by atoms with E-state index in [0.29, 0.717) is 18.4 Å². The zero-order chi connectivity index (χ0) is 12.3. The summed E-state index contributed by atoms with van der Waals surface area (Å²) in [7, 11) is 0. The van der Waals surface area contributed by atoms with Gasteiger partial charge in [-0.2, -0.15) is 5.10 Å². The predicted molar refractivity (Wildman–Crippen MR) is 66.6 cm³/mol. The second-order valence-corrected chi connectivity index (χ2v) is 5.03. The third-order valence-electron chi connectivity index (χ3n) is 3.38. The number of allylic oxidation sites excluding steroid dienone is 2. The fraction of sp³-hybridized carbons (Fsp3) is 0.692. The first-order chi connectivity index (χ1) is 8.18. The van der Waals surface area contributed by atoms with E-state index in [1.165, 1.54) is 0 Å². The first-order valence-corrected chi connectivity index (χ1v) is 6.40. The standard InChI is InChI=1S/C13H21N3O/c1-10(2)16-13(14-9-15-16)8-12(17)11-6-4-3-5-7-11/h3-4,9-12,17H,5-8H2,1-2H3. The van der Waals surface area contributed by atoms with Gasteiger partial charge in [0.05, 0.1) is 6.10 Å². The molecule has 94 valence electrons.